The summed E-state index contributed by atoms with van der Waals surface area (Å²) in [5.41, 5.74) is 1.90. The van der Waals surface area contributed by atoms with E-state index in [1.165, 1.54) is 44.9 Å². The largest absolute Gasteiger partial charge is 0.490 e. The number of esters is 2. The lowest BCUT2D eigenvalue weighted by Crippen LogP contribution is -2.24. The smallest absolute Gasteiger partial charge is 0.330 e. The van der Waals surface area contributed by atoms with Crippen LogP contribution in [0.3, 0.4) is 0 Å². The van der Waals surface area contributed by atoms with Crippen molar-refractivity contribution < 1.29 is 33.6 Å². The molecule has 0 bridgehead atoms. The van der Waals surface area contributed by atoms with Crippen molar-refractivity contribution in [2.75, 3.05) is 33.0 Å². The summed E-state index contributed by atoms with van der Waals surface area (Å²) in [5.74, 6) is 2.33. The molecule has 2 aliphatic rings. The third kappa shape index (κ3) is 8.92. The third-order valence-electron chi connectivity index (χ3n) is 7.56. The molecule has 1 aromatic rings. The standard InChI is InChI=1S/C30H42O7/c1-3-28(32)36-18-16-34-26-20-22(14-15-31)21-27(35-17-19-37-29(33)4-2)30(26)25-12-10-24(11-13-25)23-8-6-5-7-9-23/h3-4,20-21,23-25,31H,1-2,5-19H2. The van der Waals surface area contributed by atoms with Crippen LogP contribution in [0.1, 0.15) is 74.8 Å². The Hall–Kier alpha value is -2.80. The van der Waals surface area contributed by atoms with Gasteiger partial charge in [-0.2, -0.15) is 0 Å². The molecular formula is C30H42O7. The minimum absolute atomic E-state index is 0.00137. The fourth-order valence-electron chi connectivity index (χ4n) is 5.76. The zero-order chi connectivity index (χ0) is 26.5. The summed E-state index contributed by atoms with van der Waals surface area (Å²) in [6.45, 7) is 7.44. The average molecular weight is 515 g/mol. The Bertz CT molecular complexity index is 846. The van der Waals surface area contributed by atoms with Crippen LogP contribution in [0.25, 0.3) is 0 Å². The molecule has 0 spiro atoms. The second kappa shape index (κ2) is 15.5. The first-order valence-electron chi connectivity index (χ1n) is 13.7. The number of benzene rings is 1. The van der Waals surface area contributed by atoms with Gasteiger partial charge in [0.25, 0.3) is 0 Å². The summed E-state index contributed by atoms with van der Waals surface area (Å²) >= 11 is 0. The minimum atomic E-state index is -0.489. The highest BCUT2D eigenvalue weighted by Crippen LogP contribution is 2.48. The van der Waals surface area contributed by atoms with E-state index in [2.05, 4.69) is 13.2 Å². The van der Waals surface area contributed by atoms with Crippen molar-refractivity contribution in [2.45, 2.75) is 70.1 Å². The lowest BCUT2D eigenvalue weighted by Gasteiger charge is -2.36. The van der Waals surface area contributed by atoms with Crippen molar-refractivity contribution in [3.63, 3.8) is 0 Å². The molecule has 2 saturated carbocycles. The highest BCUT2D eigenvalue weighted by molar-refractivity contribution is 5.81. The average Bonchev–Trinajstić information content (AvgIpc) is 2.93. The first-order chi connectivity index (χ1) is 18.0. The van der Waals surface area contributed by atoms with Gasteiger partial charge in [-0.15, -0.1) is 0 Å². The van der Waals surface area contributed by atoms with Gasteiger partial charge in [0.2, 0.25) is 0 Å². The van der Waals surface area contributed by atoms with Crippen molar-refractivity contribution in [1.29, 1.82) is 0 Å². The highest BCUT2D eigenvalue weighted by Gasteiger charge is 2.32. The number of hydrogen-bond donors (Lipinski definition) is 1. The minimum Gasteiger partial charge on any atom is -0.490 e. The second-order valence-electron chi connectivity index (χ2n) is 9.93. The van der Waals surface area contributed by atoms with Crippen LogP contribution in [-0.4, -0.2) is 50.1 Å². The van der Waals surface area contributed by atoms with Gasteiger partial charge in [-0.1, -0.05) is 45.3 Å². The Labute approximate surface area is 220 Å². The van der Waals surface area contributed by atoms with E-state index >= 15 is 0 Å². The van der Waals surface area contributed by atoms with Gasteiger partial charge < -0.3 is 24.1 Å². The van der Waals surface area contributed by atoms with Crippen LogP contribution in [0.2, 0.25) is 0 Å². The van der Waals surface area contributed by atoms with Gasteiger partial charge in [0.05, 0.1) is 0 Å². The number of carbonyl (C=O) groups excluding carboxylic acids is 2. The van der Waals surface area contributed by atoms with Gasteiger partial charge in [-0.05, 0) is 67.6 Å². The number of aliphatic hydroxyl groups is 1. The van der Waals surface area contributed by atoms with E-state index in [0.29, 0.717) is 17.9 Å². The number of rotatable bonds is 14. The number of hydrogen-bond acceptors (Lipinski definition) is 7. The number of aliphatic hydroxyl groups excluding tert-OH is 1. The van der Waals surface area contributed by atoms with Gasteiger partial charge in [-0.3, -0.25) is 0 Å². The molecule has 3 rings (SSSR count). The molecule has 204 valence electrons. The molecule has 0 aliphatic heterocycles. The molecule has 37 heavy (non-hydrogen) atoms. The first kappa shape index (κ1) is 28.8. The molecule has 0 heterocycles. The highest BCUT2D eigenvalue weighted by atomic mass is 16.6. The van der Waals surface area contributed by atoms with Crippen molar-refractivity contribution in [1.82, 2.24) is 0 Å². The fourth-order valence-corrected chi connectivity index (χ4v) is 5.76. The van der Waals surface area contributed by atoms with Crippen molar-refractivity contribution >= 4 is 11.9 Å². The monoisotopic (exact) mass is 514 g/mol. The third-order valence-corrected chi connectivity index (χ3v) is 7.56. The Morgan fingerprint density at radius 3 is 1.78 bits per heavy atom. The SMILES string of the molecule is C=CC(=O)OCCOc1cc(CCO)cc(OCCOC(=O)C=C)c1C1CCC(C2CCCCC2)CC1. The van der Waals surface area contributed by atoms with Gasteiger partial charge in [0, 0.05) is 24.3 Å². The van der Waals surface area contributed by atoms with E-state index in [0.717, 1.165) is 48.0 Å². The maximum atomic E-state index is 11.4. The molecule has 7 nitrogen and oxygen atoms in total. The van der Waals surface area contributed by atoms with E-state index in [4.69, 9.17) is 18.9 Å². The van der Waals surface area contributed by atoms with Crippen LogP contribution in [0.5, 0.6) is 11.5 Å². The Balaban J connectivity index is 1.78. The van der Waals surface area contributed by atoms with Crippen molar-refractivity contribution in [3.05, 3.63) is 48.6 Å². The summed E-state index contributed by atoms with van der Waals surface area (Å²) in [6, 6.07) is 3.91. The van der Waals surface area contributed by atoms with Gasteiger partial charge in [0.1, 0.15) is 37.9 Å². The lowest BCUT2D eigenvalue weighted by molar-refractivity contribution is -0.139. The van der Waals surface area contributed by atoms with Crippen LogP contribution < -0.4 is 9.47 Å². The van der Waals surface area contributed by atoms with Crippen LogP contribution in [0, 0.1) is 11.8 Å². The molecule has 0 atom stereocenters. The molecule has 1 N–H and O–H groups in total. The van der Waals surface area contributed by atoms with Gasteiger partial charge in [-0.25, -0.2) is 9.59 Å². The van der Waals surface area contributed by atoms with Crippen molar-refractivity contribution in [2.24, 2.45) is 11.8 Å². The van der Waals surface area contributed by atoms with Crippen LogP contribution in [0.4, 0.5) is 0 Å². The van der Waals surface area contributed by atoms with E-state index in [9.17, 15) is 14.7 Å². The molecule has 0 unspecified atom stereocenters. The predicted octanol–water partition coefficient (Wildman–Crippen LogP) is 5.29. The van der Waals surface area contributed by atoms with Crippen LogP contribution in [-0.2, 0) is 25.5 Å². The maximum Gasteiger partial charge on any atom is 0.330 e. The van der Waals surface area contributed by atoms with Gasteiger partial charge >= 0.3 is 11.9 Å². The van der Waals surface area contributed by atoms with Crippen LogP contribution >= 0.6 is 0 Å². The lowest BCUT2D eigenvalue weighted by atomic mass is 9.69. The Kier molecular flexibility index (Phi) is 12.0. The molecule has 2 fully saturated rings. The first-order valence-corrected chi connectivity index (χ1v) is 13.7. The summed E-state index contributed by atoms with van der Waals surface area (Å²) < 4.78 is 22.5. The zero-order valence-corrected chi connectivity index (χ0v) is 22.0. The molecule has 0 amide bonds. The number of carbonyl (C=O) groups is 2. The second-order valence-corrected chi connectivity index (χ2v) is 9.93. The van der Waals surface area contributed by atoms with E-state index < -0.39 is 11.9 Å². The topological polar surface area (TPSA) is 91.3 Å². The Morgan fingerprint density at radius 1 is 0.784 bits per heavy atom. The quantitative estimate of drug-likeness (QED) is 0.205. The Morgan fingerprint density at radius 2 is 1.30 bits per heavy atom. The predicted molar refractivity (Wildman–Crippen MR) is 142 cm³/mol. The molecule has 1 aromatic carbocycles. The molecule has 0 saturated heterocycles. The summed E-state index contributed by atoms with van der Waals surface area (Å²) in [5, 5.41) is 9.56. The maximum absolute atomic E-state index is 11.4. The number of ether oxygens (including phenoxy) is 4. The zero-order valence-electron chi connectivity index (χ0n) is 22.0. The molecule has 7 heteroatoms. The molecular weight excluding hydrogens is 472 g/mol. The van der Waals surface area contributed by atoms with Gasteiger partial charge in [0.15, 0.2) is 0 Å². The summed E-state index contributed by atoms with van der Waals surface area (Å²) in [7, 11) is 0. The van der Waals surface area contributed by atoms with E-state index in [1.54, 1.807) is 0 Å². The summed E-state index contributed by atoms with van der Waals surface area (Å²) in [6.07, 6.45) is 14.0. The molecule has 0 aromatic heterocycles. The molecule has 2 aliphatic carbocycles. The normalized spacial score (nSPS) is 20.0. The molecule has 0 radical (unpaired) electrons. The summed E-state index contributed by atoms with van der Waals surface area (Å²) in [4.78, 5) is 22.8. The van der Waals surface area contributed by atoms with Crippen LogP contribution in [0.15, 0.2) is 37.4 Å². The van der Waals surface area contributed by atoms with Crippen molar-refractivity contribution in [3.8, 4) is 11.5 Å². The van der Waals surface area contributed by atoms with E-state index in [1.807, 2.05) is 12.1 Å². The fraction of sp³-hybridized carbons (Fsp3) is 0.600. The van der Waals surface area contributed by atoms with E-state index in [-0.39, 0.29) is 39.0 Å².